The van der Waals surface area contributed by atoms with Crippen LogP contribution < -0.4 is 11.1 Å². The number of rotatable bonds is 1. The largest absolute Gasteiger partial charge is 0.405 e. The fourth-order valence-corrected chi connectivity index (χ4v) is 0.129. The first-order valence-electron chi connectivity index (χ1n) is 3.74. The Bertz CT molecular complexity index is 73.4. The maximum absolute atomic E-state index is 4.85. The van der Waals surface area contributed by atoms with Crippen LogP contribution in [0.1, 0.15) is 20.8 Å². The molecule has 0 aliphatic heterocycles. The Hall–Kier alpha value is -0.990. The van der Waals surface area contributed by atoms with Crippen LogP contribution in [0.15, 0.2) is 17.3 Å². The topological polar surface area (TPSA) is 50.4 Å². The second-order valence-corrected chi connectivity index (χ2v) is 1.20. The van der Waals surface area contributed by atoms with E-state index in [0.717, 1.165) is 0 Å². The van der Waals surface area contributed by atoms with Crippen molar-refractivity contribution in [3.05, 3.63) is 12.3 Å². The van der Waals surface area contributed by atoms with Gasteiger partial charge in [-0.25, -0.2) is 0 Å². The SMILES string of the molecule is C/C=C/N.CC.CN=CNC. The molecule has 0 atom stereocenters. The molecule has 0 radical (unpaired) electrons. The van der Waals surface area contributed by atoms with Crippen molar-refractivity contribution >= 4 is 6.34 Å². The Balaban J connectivity index is -0.0000000965. The number of allylic oxidation sites excluding steroid dienone is 1. The third kappa shape index (κ3) is 110. The lowest BCUT2D eigenvalue weighted by Crippen LogP contribution is -1.99. The second-order valence-electron chi connectivity index (χ2n) is 1.20. The van der Waals surface area contributed by atoms with E-state index in [2.05, 4.69) is 10.3 Å². The molecular formula is C8H21N3. The summed E-state index contributed by atoms with van der Waals surface area (Å²) in [4.78, 5) is 3.62. The first kappa shape index (κ1) is 16.5. The van der Waals surface area contributed by atoms with Gasteiger partial charge in [0.15, 0.2) is 0 Å². The minimum atomic E-state index is 1.50. The summed E-state index contributed by atoms with van der Waals surface area (Å²) in [5.74, 6) is 0. The molecule has 3 heteroatoms. The molecule has 0 aromatic heterocycles. The Labute approximate surface area is 70.4 Å². The van der Waals surface area contributed by atoms with Crippen LogP contribution in [0.5, 0.6) is 0 Å². The minimum absolute atomic E-state index is 1.50. The summed E-state index contributed by atoms with van der Waals surface area (Å²) < 4.78 is 0. The van der Waals surface area contributed by atoms with Crippen LogP contribution in [-0.2, 0) is 0 Å². The summed E-state index contributed by atoms with van der Waals surface area (Å²) in [7, 11) is 3.53. The van der Waals surface area contributed by atoms with E-state index in [1.54, 1.807) is 19.5 Å². The summed E-state index contributed by atoms with van der Waals surface area (Å²) in [5, 5.41) is 2.73. The smallest absolute Gasteiger partial charge is 0.0817 e. The van der Waals surface area contributed by atoms with E-state index in [0.29, 0.717) is 0 Å². The highest BCUT2D eigenvalue weighted by Crippen LogP contribution is 1.47. The van der Waals surface area contributed by atoms with Gasteiger partial charge in [0.25, 0.3) is 0 Å². The maximum atomic E-state index is 4.85. The molecule has 0 aliphatic rings. The van der Waals surface area contributed by atoms with E-state index in [-0.39, 0.29) is 0 Å². The molecule has 0 aromatic rings. The average molecular weight is 159 g/mol. The zero-order valence-corrected chi connectivity index (χ0v) is 8.26. The second kappa shape index (κ2) is 36.0. The molecule has 3 nitrogen and oxygen atoms in total. The van der Waals surface area contributed by atoms with Gasteiger partial charge in [0.1, 0.15) is 0 Å². The molecule has 68 valence electrons. The van der Waals surface area contributed by atoms with Gasteiger partial charge in [-0.2, -0.15) is 0 Å². The number of hydrogen-bond donors (Lipinski definition) is 2. The van der Waals surface area contributed by atoms with Crippen molar-refractivity contribution in [3.63, 3.8) is 0 Å². The normalized spacial score (nSPS) is 8.09. The summed E-state index contributed by atoms with van der Waals surface area (Å²) in [5.41, 5.74) is 4.85. The monoisotopic (exact) mass is 159 g/mol. The fraction of sp³-hybridized carbons (Fsp3) is 0.625. The highest BCUT2D eigenvalue weighted by Gasteiger charge is 1.45. The molecule has 0 saturated carbocycles. The van der Waals surface area contributed by atoms with Crippen molar-refractivity contribution in [3.8, 4) is 0 Å². The Morgan fingerprint density at radius 3 is 1.73 bits per heavy atom. The van der Waals surface area contributed by atoms with Crippen LogP contribution in [0.4, 0.5) is 0 Å². The van der Waals surface area contributed by atoms with E-state index < -0.39 is 0 Å². The van der Waals surface area contributed by atoms with Gasteiger partial charge in [0.05, 0.1) is 6.34 Å². The van der Waals surface area contributed by atoms with Gasteiger partial charge in [-0.05, 0) is 13.1 Å². The van der Waals surface area contributed by atoms with Crippen LogP contribution in [0.3, 0.4) is 0 Å². The molecule has 0 aliphatic carbocycles. The molecule has 0 unspecified atom stereocenters. The van der Waals surface area contributed by atoms with Gasteiger partial charge in [0.2, 0.25) is 0 Å². The molecule has 0 aromatic carbocycles. The number of nitrogens with two attached hydrogens (primary N) is 1. The first-order chi connectivity index (χ1) is 5.33. The summed E-state index contributed by atoms with van der Waals surface area (Å²) in [6, 6.07) is 0. The standard InChI is InChI=1S/C3H8N2.C3H7N.C2H6/c1-4-3-5-2;1-2-3-4;1-2/h3H,1-2H3,(H,4,5);2-3H,4H2,1H3;1-2H3/b;3-2+;. The average Bonchev–Trinajstić information content (AvgIpc) is 2.10. The first-order valence-corrected chi connectivity index (χ1v) is 3.74. The molecule has 0 spiro atoms. The molecule has 3 N–H and O–H groups in total. The quantitative estimate of drug-likeness (QED) is 0.448. The third-order valence-corrected chi connectivity index (χ3v) is 0.451. The lowest BCUT2D eigenvalue weighted by Gasteiger charge is -1.74. The van der Waals surface area contributed by atoms with Crippen LogP contribution in [0.25, 0.3) is 0 Å². The lowest BCUT2D eigenvalue weighted by atomic mass is 10.7. The van der Waals surface area contributed by atoms with Gasteiger partial charge in [-0.1, -0.05) is 19.9 Å². The molecule has 0 amide bonds. The fourth-order valence-electron chi connectivity index (χ4n) is 0.129. The Kier molecular flexibility index (Phi) is 54.0. The number of aliphatic imine (C=N–C) groups is 1. The highest BCUT2D eigenvalue weighted by atomic mass is 14.9. The van der Waals surface area contributed by atoms with E-state index in [1.807, 2.05) is 27.8 Å². The Morgan fingerprint density at radius 1 is 1.36 bits per heavy atom. The van der Waals surface area contributed by atoms with Crippen molar-refractivity contribution in [2.75, 3.05) is 14.1 Å². The van der Waals surface area contributed by atoms with E-state index in [4.69, 9.17) is 5.73 Å². The van der Waals surface area contributed by atoms with Crippen molar-refractivity contribution in [1.82, 2.24) is 5.32 Å². The number of nitrogens with zero attached hydrogens (tertiary/aromatic N) is 1. The molecule has 0 saturated heterocycles. The predicted molar refractivity (Wildman–Crippen MR) is 53.8 cm³/mol. The molecule has 0 rings (SSSR count). The summed E-state index contributed by atoms with van der Waals surface area (Å²) in [6.45, 7) is 5.88. The molecular weight excluding hydrogens is 138 g/mol. The van der Waals surface area contributed by atoms with Crippen LogP contribution in [0, 0.1) is 0 Å². The maximum Gasteiger partial charge on any atom is 0.0817 e. The Morgan fingerprint density at radius 2 is 1.73 bits per heavy atom. The minimum Gasteiger partial charge on any atom is -0.405 e. The van der Waals surface area contributed by atoms with E-state index in [1.165, 1.54) is 6.20 Å². The lowest BCUT2D eigenvalue weighted by molar-refractivity contribution is 1.19. The van der Waals surface area contributed by atoms with Crippen molar-refractivity contribution in [2.24, 2.45) is 10.7 Å². The molecule has 0 heterocycles. The number of hydrogen-bond acceptors (Lipinski definition) is 2. The van der Waals surface area contributed by atoms with Gasteiger partial charge in [-0.15, -0.1) is 0 Å². The van der Waals surface area contributed by atoms with Crippen LogP contribution in [0.2, 0.25) is 0 Å². The van der Waals surface area contributed by atoms with Gasteiger partial charge < -0.3 is 11.1 Å². The summed E-state index contributed by atoms with van der Waals surface area (Å²) in [6.07, 6.45) is 4.90. The third-order valence-electron chi connectivity index (χ3n) is 0.451. The molecule has 0 bridgehead atoms. The highest BCUT2D eigenvalue weighted by molar-refractivity contribution is 5.52. The number of nitrogens with one attached hydrogen (secondary N) is 1. The van der Waals surface area contributed by atoms with Gasteiger partial charge in [-0.3, -0.25) is 4.99 Å². The molecule has 0 fully saturated rings. The zero-order chi connectivity index (χ0) is 9.54. The van der Waals surface area contributed by atoms with Crippen molar-refractivity contribution < 1.29 is 0 Å². The van der Waals surface area contributed by atoms with E-state index >= 15 is 0 Å². The van der Waals surface area contributed by atoms with Gasteiger partial charge in [0, 0.05) is 14.1 Å². The molecule has 11 heavy (non-hydrogen) atoms. The zero-order valence-electron chi connectivity index (χ0n) is 8.26. The van der Waals surface area contributed by atoms with Crippen LogP contribution in [-0.4, -0.2) is 20.4 Å². The van der Waals surface area contributed by atoms with Gasteiger partial charge >= 0.3 is 0 Å². The predicted octanol–water partition coefficient (Wildman–Crippen LogP) is 1.37. The van der Waals surface area contributed by atoms with E-state index in [9.17, 15) is 0 Å². The van der Waals surface area contributed by atoms with Crippen molar-refractivity contribution in [1.29, 1.82) is 0 Å². The van der Waals surface area contributed by atoms with Crippen molar-refractivity contribution in [2.45, 2.75) is 20.8 Å². The van der Waals surface area contributed by atoms with Crippen LogP contribution >= 0.6 is 0 Å². The summed E-state index contributed by atoms with van der Waals surface area (Å²) >= 11 is 0.